The molecule has 1 N–H and O–H groups in total. The van der Waals surface area contributed by atoms with E-state index in [0.717, 1.165) is 19.0 Å². The van der Waals surface area contributed by atoms with Crippen LogP contribution in [-0.2, 0) is 0 Å². The molecule has 1 aliphatic rings. The van der Waals surface area contributed by atoms with Crippen LogP contribution in [-0.4, -0.2) is 19.0 Å². The molecular formula is C7H14ClN. The van der Waals surface area contributed by atoms with E-state index < -0.39 is 0 Å². The summed E-state index contributed by atoms with van der Waals surface area (Å²) < 4.78 is 0. The first kappa shape index (κ1) is 7.36. The molecule has 0 bridgehead atoms. The van der Waals surface area contributed by atoms with Gasteiger partial charge in [0.1, 0.15) is 0 Å². The van der Waals surface area contributed by atoms with Crippen molar-refractivity contribution in [1.29, 1.82) is 0 Å². The Morgan fingerprint density at radius 2 is 2.22 bits per heavy atom. The van der Waals surface area contributed by atoms with E-state index >= 15 is 0 Å². The standard InChI is InChI=1S/C7H14ClN/c1-2-9-6-7(5-8)3-4-7/h9H,2-6H2,1H3. The molecule has 1 rings (SSSR count). The summed E-state index contributed by atoms with van der Waals surface area (Å²) in [5.41, 5.74) is 0.498. The van der Waals surface area contributed by atoms with Crippen molar-refractivity contribution in [2.24, 2.45) is 5.41 Å². The van der Waals surface area contributed by atoms with Gasteiger partial charge in [-0.1, -0.05) is 6.92 Å². The third-order valence-electron chi connectivity index (χ3n) is 1.99. The molecule has 0 heterocycles. The maximum absolute atomic E-state index is 5.75. The van der Waals surface area contributed by atoms with Crippen LogP contribution in [0.1, 0.15) is 19.8 Å². The normalized spacial score (nSPS) is 22.0. The maximum atomic E-state index is 5.75. The third-order valence-corrected chi connectivity index (χ3v) is 2.56. The first-order valence-corrected chi connectivity index (χ1v) is 4.13. The van der Waals surface area contributed by atoms with E-state index in [9.17, 15) is 0 Å². The Balaban J connectivity index is 2.10. The van der Waals surface area contributed by atoms with Crippen LogP contribution in [0.15, 0.2) is 0 Å². The highest BCUT2D eigenvalue weighted by molar-refractivity contribution is 6.18. The lowest BCUT2D eigenvalue weighted by atomic mass is 10.1. The van der Waals surface area contributed by atoms with Gasteiger partial charge in [0.05, 0.1) is 0 Å². The van der Waals surface area contributed by atoms with Crippen LogP contribution in [0, 0.1) is 5.41 Å². The largest absolute Gasteiger partial charge is 0.316 e. The van der Waals surface area contributed by atoms with Gasteiger partial charge >= 0.3 is 0 Å². The first-order chi connectivity index (χ1) is 4.33. The molecule has 0 atom stereocenters. The van der Waals surface area contributed by atoms with E-state index in [2.05, 4.69) is 12.2 Å². The molecular weight excluding hydrogens is 134 g/mol. The maximum Gasteiger partial charge on any atom is 0.0292 e. The molecule has 0 spiro atoms. The van der Waals surface area contributed by atoms with Gasteiger partial charge in [0.15, 0.2) is 0 Å². The van der Waals surface area contributed by atoms with Gasteiger partial charge in [-0.15, -0.1) is 11.6 Å². The minimum Gasteiger partial charge on any atom is -0.316 e. The number of rotatable bonds is 4. The number of halogens is 1. The van der Waals surface area contributed by atoms with E-state index in [1.54, 1.807) is 0 Å². The van der Waals surface area contributed by atoms with Crippen LogP contribution in [0.2, 0.25) is 0 Å². The van der Waals surface area contributed by atoms with Gasteiger partial charge in [-0.05, 0) is 24.8 Å². The Morgan fingerprint density at radius 3 is 2.56 bits per heavy atom. The number of hydrogen-bond acceptors (Lipinski definition) is 1. The predicted octanol–water partition coefficient (Wildman–Crippen LogP) is 1.61. The molecule has 1 fully saturated rings. The van der Waals surface area contributed by atoms with Gasteiger partial charge in [0, 0.05) is 12.4 Å². The van der Waals surface area contributed by atoms with Crippen LogP contribution in [0.5, 0.6) is 0 Å². The van der Waals surface area contributed by atoms with E-state index in [1.165, 1.54) is 12.8 Å². The molecule has 0 aliphatic heterocycles. The summed E-state index contributed by atoms with van der Waals surface area (Å²) in [7, 11) is 0. The van der Waals surface area contributed by atoms with E-state index in [-0.39, 0.29) is 0 Å². The summed E-state index contributed by atoms with van der Waals surface area (Å²) in [5, 5.41) is 3.32. The second kappa shape index (κ2) is 2.89. The molecule has 0 radical (unpaired) electrons. The second-order valence-corrected chi connectivity index (χ2v) is 3.18. The van der Waals surface area contributed by atoms with E-state index in [4.69, 9.17) is 11.6 Å². The molecule has 0 aromatic carbocycles. The summed E-state index contributed by atoms with van der Waals surface area (Å²) in [6, 6.07) is 0. The second-order valence-electron chi connectivity index (χ2n) is 2.91. The molecule has 0 aromatic heterocycles. The Labute approximate surface area is 61.8 Å². The smallest absolute Gasteiger partial charge is 0.0292 e. The highest BCUT2D eigenvalue weighted by Crippen LogP contribution is 2.45. The summed E-state index contributed by atoms with van der Waals surface area (Å²) in [4.78, 5) is 0. The molecule has 1 saturated carbocycles. The average molecular weight is 148 g/mol. The van der Waals surface area contributed by atoms with Crippen LogP contribution in [0.4, 0.5) is 0 Å². The summed E-state index contributed by atoms with van der Waals surface area (Å²) in [6.45, 7) is 4.32. The van der Waals surface area contributed by atoms with Gasteiger partial charge in [0.25, 0.3) is 0 Å². The molecule has 1 aliphatic carbocycles. The number of nitrogens with one attached hydrogen (secondary N) is 1. The number of alkyl halides is 1. The van der Waals surface area contributed by atoms with E-state index in [0.29, 0.717) is 5.41 Å². The van der Waals surface area contributed by atoms with Gasteiger partial charge in [-0.25, -0.2) is 0 Å². The zero-order chi connectivity index (χ0) is 6.74. The van der Waals surface area contributed by atoms with Crippen LogP contribution < -0.4 is 5.32 Å². The van der Waals surface area contributed by atoms with Gasteiger partial charge in [0.2, 0.25) is 0 Å². The Morgan fingerprint density at radius 1 is 1.56 bits per heavy atom. The molecule has 0 aromatic rings. The molecule has 1 nitrogen and oxygen atoms in total. The van der Waals surface area contributed by atoms with Crippen molar-refractivity contribution in [2.75, 3.05) is 19.0 Å². The van der Waals surface area contributed by atoms with Crippen LogP contribution in [0.25, 0.3) is 0 Å². The van der Waals surface area contributed by atoms with Crippen LogP contribution >= 0.6 is 11.6 Å². The van der Waals surface area contributed by atoms with Crippen molar-refractivity contribution < 1.29 is 0 Å². The van der Waals surface area contributed by atoms with Gasteiger partial charge in [-0.2, -0.15) is 0 Å². The predicted molar refractivity (Wildman–Crippen MR) is 40.9 cm³/mol. The Kier molecular flexibility index (Phi) is 2.36. The monoisotopic (exact) mass is 147 g/mol. The van der Waals surface area contributed by atoms with Crippen molar-refractivity contribution in [3.05, 3.63) is 0 Å². The molecule has 0 saturated heterocycles. The minimum atomic E-state index is 0.498. The SMILES string of the molecule is CCNCC1(CCl)CC1. The van der Waals surface area contributed by atoms with Crippen molar-refractivity contribution >= 4 is 11.6 Å². The lowest BCUT2D eigenvalue weighted by Gasteiger charge is -2.09. The van der Waals surface area contributed by atoms with Crippen molar-refractivity contribution in [3.63, 3.8) is 0 Å². The molecule has 0 unspecified atom stereocenters. The molecule has 54 valence electrons. The zero-order valence-electron chi connectivity index (χ0n) is 5.91. The van der Waals surface area contributed by atoms with Gasteiger partial charge in [-0.3, -0.25) is 0 Å². The fraction of sp³-hybridized carbons (Fsp3) is 1.00. The molecule has 0 amide bonds. The van der Waals surface area contributed by atoms with Crippen LogP contribution in [0.3, 0.4) is 0 Å². The topological polar surface area (TPSA) is 12.0 Å². The van der Waals surface area contributed by atoms with Crippen molar-refractivity contribution in [3.8, 4) is 0 Å². The quantitative estimate of drug-likeness (QED) is 0.596. The zero-order valence-corrected chi connectivity index (χ0v) is 6.67. The lowest BCUT2D eigenvalue weighted by molar-refractivity contribution is 0.516. The molecule has 9 heavy (non-hydrogen) atoms. The fourth-order valence-corrected chi connectivity index (χ4v) is 1.29. The third kappa shape index (κ3) is 1.84. The minimum absolute atomic E-state index is 0.498. The van der Waals surface area contributed by atoms with E-state index in [1.807, 2.05) is 0 Å². The fourth-order valence-electron chi connectivity index (χ4n) is 0.925. The average Bonchev–Trinajstić information content (AvgIpc) is 2.65. The highest BCUT2D eigenvalue weighted by atomic mass is 35.5. The number of hydrogen-bond donors (Lipinski definition) is 1. The highest BCUT2D eigenvalue weighted by Gasteiger charge is 2.40. The summed E-state index contributed by atoms with van der Waals surface area (Å²) >= 11 is 5.75. The lowest BCUT2D eigenvalue weighted by Crippen LogP contribution is -2.24. The Bertz CT molecular complexity index is 88.9. The Hall–Kier alpha value is 0.250. The van der Waals surface area contributed by atoms with Crippen molar-refractivity contribution in [1.82, 2.24) is 5.32 Å². The summed E-state index contributed by atoms with van der Waals surface area (Å²) in [5.74, 6) is 0.833. The first-order valence-electron chi connectivity index (χ1n) is 3.60. The van der Waals surface area contributed by atoms with Crippen molar-refractivity contribution in [2.45, 2.75) is 19.8 Å². The summed E-state index contributed by atoms with van der Waals surface area (Å²) in [6.07, 6.45) is 2.65. The van der Waals surface area contributed by atoms with Gasteiger partial charge < -0.3 is 5.32 Å². The molecule has 2 heteroatoms.